The van der Waals surface area contributed by atoms with Crippen LogP contribution in [0.3, 0.4) is 0 Å². The molecule has 2 aromatic carbocycles. The van der Waals surface area contributed by atoms with Crippen LogP contribution in [0.2, 0.25) is 0 Å². The first-order valence-corrected chi connectivity index (χ1v) is 7.02. The molecule has 0 aliphatic heterocycles. The second kappa shape index (κ2) is 6.00. The molecule has 0 aliphatic rings. The quantitative estimate of drug-likeness (QED) is 0.746. The number of fused-ring (bicyclic) bond motifs is 1. The molecule has 3 aromatic rings. The summed E-state index contributed by atoms with van der Waals surface area (Å²) in [7, 11) is 0. The Morgan fingerprint density at radius 3 is 2.30 bits per heavy atom. The number of hydrogen-bond acceptors (Lipinski definition) is 2. The predicted molar refractivity (Wildman–Crippen MR) is 78.7 cm³/mol. The molecule has 0 unspecified atom stereocenters. The third-order valence-corrected chi connectivity index (χ3v) is 3.55. The van der Waals surface area contributed by atoms with Gasteiger partial charge in [-0.3, -0.25) is 0 Å². The van der Waals surface area contributed by atoms with Crippen LogP contribution in [0.15, 0.2) is 30.3 Å². The van der Waals surface area contributed by atoms with Gasteiger partial charge in [-0.15, -0.1) is 0 Å². The molecule has 0 atom stereocenters. The number of hydrogen-bond donors (Lipinski definition) is 1. The van der Waals surface area contributed by atoms with E-state index < -0.39 is 23.3 Å². The molecule has 0 radical (unpaired) electrons. The fourth-order valence-electron chi connectivity index (χ4n) is 2.45. The minimum atomic E-state index is -1.02. The molecule has 0 fully saturated rings. The topological polar surface area (TPSA) is 43.8 Å². The monoisotopic (exact) mass is 323 g/mol. The maximum atomic E-state index is 13.5. The summed E-state index contributed by atoms with van der Waals surface area (Å²) in [6.07, 6.45) is 0.571. The van der Waals surface area contributed by atoms with Crippen molar-refractivity contribution in [1.82, 2.24) is 9.55 Å². The molecular formula is C16H13F4N3. The van der Waals surface area contributed by atoms with Gasteiger partial charge in [0, 0.05) is 24.2 Å². The maximum Gasteiger partial charge on any atom is 0.161 e. The van der Waals surface area contributed by atoms with Crippen molar-refractivity contribution in [3.8, 4) is 11.4 Å². The third kappa shape index (κ3) is 2.79. The number of imidazole rings is 1. The van der Waals surface area contributed by atoms with E-state index in [1.165, 1.54) is 6.07 Å². The van der Waals surface area contributed by atoms with Crippen LogP contribution in [-0.4, -0.2) is 16.1 Å². The summed E-state index contributed by atoms with van der Waals surface area (Å²) in [4.78, 5) is 4.23. The van der Waals surface area contributed by atoms with Crippen molar-refractivity contribution in [2.45, 2.75) is 13.0 Å². The van der Waals surface area contributed by atoms with Crippen molar-refractivity contribution in [1.29, 1.82) is 0 Å². The molecule has 23 heavy (non-hydrogen) atoms. The van der Waals surface area contributed by atoms with E-state index in [1.54, 1.807) is 4.57 Å². The standard InChI is InChI=1S/C16H13F4N3/c17-10-3-2-9(6-11(10)18)16-22-14-7-12(19)13(20)8-15(14)23(16)5-1-4-21/h2-3,6-8H,1,4-5,21H2. The molecule has 0 saturated heterocycles. The number of rotatable bonds is 4. The average molecular weight is 323 g/mol. The summed E-state index contributed by atoms with van der Waals surface area (Å²) < 4.78 is 55.1. The van der Waals surface area contributed by atoms with Crippen molar-refractivity contribution < 1.29 is 17.6 Å². The predicted octanol–water partition coefficient (Wildman–Crippen LogP) is 3.61. The minimum absolute atomic E-state index is 0.237. The van der Waals surface area contributed by atoms with Gasteiger partial charge >= 0.3 is 0 Å². The lowest BCUT2D eigenvalue weighted by molar-refractivity contribution is 0.509. The van der Waals surface area contributed by atoms with Gasteiger partial charge in [-0.05, 0) is 31.2 Å². The molecule has 2 N–H and O–H groups in total. The molecule has 0 saturated carbocycles. The molecular weight excluding hydrogens is 310 g/mol. The van der Waals surface area contributed by atoms with Crippen LogP contribution in [0.25, 0.3) is 22.4 Å². The van der Waals surface area contributed by atoms with E-state index in [9.17, 15) is 17.6 Å². The second-order valence-corrected chi connectivity index (χ2v) is 5.11. The molecule has 3 rings (SSSR count). The SMILES string of the molecule is NCCCn1c(-c2ccc(F)c(F)c2)nc2cc(F)c(F)cc21. The Bertz CT molecular complexity index is 873. The summed E-state index contributed by atoms with van der Waals surface area (Å²) in [5.74, 6) is -3.70. The van der Waals surface area contributed by atoms with Gasteiger partial charge in [0.05, 0.1) is 11.0 Å². The lowest BCUT2D eigenvalue weighted by Gasteiger charge is -2.09. The fraction of sp³-hybridized carbons (Fsp3) is 0.188. The largest absolute Gasteiger partial charge is 0.330 e. The van der Waals surface area contributed by atoms with E-state index in [2.05, 4.69) is 4.98 Å². The Labute approximate surface area is 129 Å². The van der Waals surface area contributed by atoms with E-state index in [1.807, 2.05) is 0 Å². The van der Waals surface area contributed by atoms with E-state index >= 15 is 0 Å². The van der Waals surface area contributed by atoms with Gasteiger partial charge in [-0.25, -0.2) is 22.5 Å². The van der Waals surface area contributed by atoms with E-state index in [0.29, 0.717) is 36.4 Å². The van der Waals surface area contributed by atoms with Crippen LogP contribution in [0.4, 0.5) is 17.6 Å². The van der Waals surface area contributed by atoms with Crippen LogP contribution in [0.5, 0.6) is 0 Å². The highest BCUT2D eigenvalue weighted by molar-refractivity contribution is 5.80. The summed E-state index contributed by atoms with van der Waals surface area (Å²) in [5, 5.41) is 0. The number of benzene rings is 2. The summed E-state index contributed by atoms with van der Waals surface area (Å²) in [6.45, 7) is 0.785. The van der Waals surface area contributed by atoms with Crippen molar-refractivity contribution in [3.63, 3.8) is 0 Å². The Morgan fingerprint density at radius 2 is 1.61 bits per heavy atom. The van der Waals surface area contributed by atoms with Crippen molar-refractivity contribution in [3.05, 3.63) is 53.6 Å². The van der Waals surface area contributed by atoms with Crippen LogP contribution in [-0.2, 0) is 6.54 Å². The van der Waals surface area contributed by atoms with E-state index in [4.69, 9.17) is 5.73 Å². The molecule has 0 spiro atoms. The highest BCUT2D eigenvalue weighted by atomic mass is 19.2. The van der Waals surface area contributed by atoms with Crippen LogP contribution in [0, 0.1) is 23.3 Å². The molecule has 7 heteroatoms. The van der Waals surface area contributed by atoms with E-state index in [-0.39, 0.29) is 5.52 Å². The molecule has 1 heterocycles. The summed E-state index contributed by atoms with van der Waals surface area (Å²) in [6, 6.07) is 5.37. The molecule has 0 bridgehead atoms. The van der Waals surface area contributed by atoms with Gasteiger partial charge in [-0.2, -0.15) is 0 Å². The maximum absolute atomic E-state index is 13.5. The van der Waals surface area contributed by atoms with Gasteiger partial charge in [0.25, 0.3) is 0 Å². The number of aromatic nitrogens is 2. The van der Waals surface area contributed by atoms with Gasteiger partial charge in [0.2, 0.25) is 0 Å². The Balaban J connectivity index is 2.23. The van der Waals surface area contributed by atoms with Crippen LogP contribution in [0.1, 0.15) is 6.42 Å². The van der Waals surface area contributed by atoms with Gasteiger partial charge in [-0.1, -0.05) is 0 Å². The number of nitrogens with two attached hydrogens (primary N) is 1. The number of nitrogens with zero attached hydrogens (tertiary/aromatic N) is 2. The van der Waals surface area contributed by atoms with Crippen LogP contribution >= 0.6 is 0 Å². The molecule has 0 amide bonds. The molecule has 3 nitrogen and oxygen atoms in total. The highest BCUT2D eigenvalue weighted by Crippen LogP contribution is 2.27. The number of aryl methyl sites for hydroxylation is 1. The van der Waals surface area contributed by atoms with E-state index in [0.717, 1.165) is 24.3 Å². The average Bonchev–Trinajstić information content (AvgIpc) is 2.86. The Kier molecular flexibility index (Phi) is 4.04. The lowest BCUT2D eigenvalue weighted by Crippen LogP contribution is -2.07. The zero-order chi connectivity index (χ0) is 16.6. The first kappa shape index (κ1) is 15.5. The smallest absolute Gasteiger partial charge is 0.161 e. The molecule has 1 aromatic heterocycles. The van der Waals surface area contributed by atoms with Crippen molar-refractivity contribution >= 4 is 11.0 Å². The normalized spacial score (nSPS) is 11.3. The fourth-order valence-corrected chi connectivity index (χ4v) is 2.45. The third-order valence-electron chi connectivity index (χ3n) is 3.55. The highest BCUT2D eigenvalue weighted by Gasteiger charge is 2.16. The van der Waals surface area contributed by atoms with Crippen molar-refractivity contribution in [2.75, 3.05) is 6.54 Å². The molecule has 0 aliphatic carbocycles. The summed E-state index contributed by atoms with van der Waals surface area (Å²) in [5.41, 5.74) is 6.43. The Morgan fingerprint density at radius 1 is 0.913 bits per heavy atom. The number of halogens is 4. The minimum Gasteiger partial charge on any atom is -0.330 e. The van der Waals surface area contributed by atoms with Crippen molar-refractivity contribution in [2.24, 2.45) is 5.73 Å². The lowest BCUT2D eigenvalue weighted by atomic mass is 10.2. The summed E-state index contributed by atoms with van der Waals surface area (Å²) >= 11 is 0. The van der Waals surface area contributed by atoms with Gasteiger partial charge in [0.1, 0.15) is 5.82 Å². The zero-order valence-corrected chi connectivity index (χ0v) is 12.0. The zero-order valence-electron chi connectivity index (χ0n) is 12.0. The first-order chi connectivity index (χ1) is 11.0. The Hall–Kier alpha value is -2.41. The van der Waals surface area contributed by atoms with Gasteiger partial charge in [0.15, 0.2) is 23.3 Å². The van der Waals surface area contributed by atoms with Gasteiger partial charge < -0.3 is 10.3 Å². The molecule has 120 valence electrons. The van der Waals surface area contributed by atoms with Crippen LogP contribution < -0.4 is 5.73 Å². The second-order valence-electron chi connectivity index (χ2n) is 5.11. The first-order valence-electron chi connectivity index (χ1n) is 7.02.